The quantitative estimate of drug-likeness (QED) is 0.224. The zero-order valence-corrected chi connectivity index (χ0v) is 31.6. The first-order valence-corrected chi connectivity index (χ1v) is 19.0. The number of carbonyl (C=O) groups excluding carboxylic acids is 2. The number of benzene rings is 2. The van der Waals surface area contributed by atoms with Crippen LogP contribution in [0, 0.1) is 5.92 Å². The van der Waals surface area contributed by atoms with Gasteiger partial charge in [0.1, 0.15) is 11.8 Å². The van der Waals surface area contributed by atoms with E-state index in [0.29, 0.717) is 89.7 Å². The van der Waals surface area contributed by atoms with Crippen molar-refractivity contribution in [3.63, 3.8) is 0 Å². The lowest BCUT2D eigenvalue weighted by molar-refractivity contribution is -0.120. The first kappa shape index (κ1) is 38.3. The molecule has 5 rings (SSSR count). The highest BCUT2D eigenvalue weighted by Crippen LogP contribution is 2.50. The van der Waals surface area contributed by atoms with Crippen molar-refractivity contribution in [3.8, 4) is 34.1 Å². The summed E-state index contributed by atoms with van der Waals surface area (Å²) in [7, 11) is 2.54. The number of sulfonamides is 1. The third kappa shape index (κ3) is 7.76. The van der Waals surface area contributed by atoms with Crippen LogP contribution in [0.25, 0.3) is 11.1 Å². The monoisotopic (exact) mass is 736 g/mol. The van der Waals surface area contributed by atoms with Gasteiger partial charge in [0, 0.05) is 24.7 Å². The molecule has 1 saturated heterocycles. The standard InChI is InChI=1S/C38H48N4O9S/c1-8-22(2)35(38(45)40-25-12-16-32(48-4)30(20-25)42-17-9-10-18-52(42,46)47)41-29-15-13-26-27(21-31(29)44)28(39-23(3)43)14-11-24-19-33(49-5)36(50-6)37(51-7)34(24)26/h12-13,15-16,19-22,28,35H,8-11,14,17-18H2,1-7H3,(H,39,43)(H,40,45)(H,41,44)/t22-,28+,35+/m0/s1. The van der Waals surface area contributed by atoms with E-state index in [-0.39, 0.29) is 28.7 Å². The molecule has 2 aliphatic rings. The van der Waals surface area contributed by atoms with Crippen molar-refractivity contribution in [2.24, 2.45) is 5.92 Å². The molecule has 1 aliphatic heterocycles. The molecule has 2 amide bonds. The van der Waals surface area contributed by atoms with Crippen molar-refractivity contribution >= 4 is 38.9 Å². The number of nitrogens with zero attached hydrogens (tertiary/aromatic N) is 1. The fraction of sp³-hybridized carbons (Fsp3) is 0.447. The van der Waals surface area contributed by atoms with Gasteiger partial charge < -0.3 is 34.9 Å². The highest BCUT2D eigenvalue weighted by Gasteiger charge is 2.32. The highest BCUT2D eigenvalue weighted by molar-refractivity contribution is 7.92. The third-order valence-corrected chi connectivity index (χ3v) is 11.6. The van der Waals surface area contributed by atoms with Crippen LogP contribution in [0.3, 0.4) is 0 Å². The number of fused-ring (bicyclic) bond motifs is 3. The zero-order valence-electron chi connectivity index (χ0n) is 30.8. The van der Waals surface area contributed by atoms with Gasteiger partial charge in [0.25, 0.3) is 0 Å². The maximum atomic E-state index is 14.0. The second kappa shape index (κ2) is 16.1. The molecule has 13 nitrogen and oxygen atoms in total. The fourth-order valence-corrected chi connectivity index (χ4v) is 8.58. The molecule has 0 spiro atoms. The summed E-state index contributed by atoms with van der Waals surface area (Å²) >= 11 is 0. The minimum atomic E-state index is -3.54. The van der Waals surface area contributed by atoms with Crippen molar-refractivity contribution in [1.29, 1.82) is 0 Å². The van der Waals surface area contributed by atoms with Crippen LogP contribution in [-0.2, 0) is 26.0 Å². The molecule has 3 N–H and O–H groups in total. The van der Waals surface area contributed by atoms with Gasteiger partial charge in [0.05, 0.1) is 51.6 Å². The van der Waals surface area contributed by atoms with Crippen molar-refractivity contribution < 1.29 is 37.0 Å². The average molecular weight is 737 g/mol. The van der Waals surface area contributed by atoms with E-state index in [0.717, 1.165) is 5.56 Å². The molecule has 0 radical (unpaired) electrons. The Morgan fingerprint density at radius 3 is 2.31 bits per heavy atom. The van der Waals surface area contributed by atoms with Crippen molar-refractivity contribution in [2.75, 3.05) is 55.7 Å². The van der Waals surface area contributed by atoms with Gasteiger partial charge >= 0.3 is 0 Å². The van der Waals surface area contributed by atoms with E-state index in [4.69, 9.17) is 18.9 Å². The van der Waals surface area contributed by atoms with Crippen molar-refractivity contribution in [2.45, 2.75) is 65.0 Å². The molecule has 1 aliphatic carbocycles. The molecule has 3 aromatic carbocycles. The summed E-state index contributed by atoms with van der Waals surface area (Å²) in [6.45, 7) is 5.61. The van der Waals surface area contributed by atoms with Gasteiger partial charge in [-0.15, -0.1) is 0 Å². The number of carbonyl (C=O) groups is 2. The first-order valence-electron chi connectivity index (χ1n) is 17.4. The van der Waals surface area contributed by atoms with Gasteiger partial charge in [-0.25, -0.2) is 8.42 Å². The minimum absolute atomic E-state index is 0.0356. The molecule has 0 bridgehead atoms. The molecule has 280 valence electrons. The SMILES string of the molecule is CC[C@H](C)[C@@H](Nc1ccc2c(cc1=O)[C@H](NC(C)=O)CCc1cc(OC)c(OC)c(OC)c1-2)C(=O)Nc1ccc(OC)c(N2CCCCS2(=O)=O)c1. The van der Waals surface area contributed by atoms with Crippen LogP contribution in [0.4, 0.5) is 17.1 Å². The van der Waals surface area contributed by atoms with Gasteiger partial charge in [0.2, 0.25) is 33.0 Å². The van der Waals surface area contributed by atoms with Crippen LogP contribution in [0.2, 0.25) is 0 Å². The molecule has 52 heavy (non-hydrogen) atoms. The van der Waals surface area contributed by atoms with Crippen LogP contribution >= 0.6 is 0 Å². The first-order chi connectivity index (χ1) is 24.9. The Labute approximate surface area is 305 Å². The Morgan fingerprint density at radius 1 is 0.942 bits per heavy atom. The van der Waals surface area contributed by atoms with Crippen molar-refractivity contribution in [3.05, 3.63) is 63.8 Å². The highest BCUT2D eigenvalue weighted by atomic mass is 32.2. The molecule has 3 atom stereocenters. The number of anilines is 3. The Kier molecular flexibility index (Phi) is 11.9. The molecular formula is C38H48N4O9S. The van der Waals surface area contributed by atoms with E-state index in [1.807, 2.05) is 19.9 Å². The number of nitrogens with one attached hydrogen (secondary N) is 3. The largest absolute Gasteiger partial charge is 0.495 e. The van der Waals surface area contributed by atoms with E-state index in [9.17, 15) is 22.8 Å². The van der Waals surface area contributed by atoms with Gasteiger partial charge in [-0.1, -0.05) is 26.3 Å². The lowest BCUT2D eigenvalue weighted by Crippen LogP contribution is -2.41. The third-order valence-electron chi connectivity index (χ3n) is 9.79. The lowest BCUT2D eigenvalue weighted by atomic mass is 9.95. The molecule has 0 aromatic heterocycles. The molecule has 3 aromatic rings. The van der Waals surface area contributed by atoms with Gasteiger partial charge in [-0.05, 0) is 84.7 Å². The smallest absolute Gasteiger partial charge is 0.247 e. The van der Waals surface area contributed by atoms with E-state index in [1.54, 1.807) is 37.4 Å². The summed E-state index contributed by atoms with van der Waals surface area (Å²) in [4.78, 5) is 40.4. The van der Waals surface area contributed by atoms with Crippen LogP contribution in [0.1, 0.15) is 63.6 Å². The van der Waals surface area contributed by atoms with Crippen molar-refractivity contribution in [1.82, 2.24) is 5.32 Å². The predicted molar refractivity (Wildman–Crippen MR) is 202 cm³/mol. The molecule has 1 heterocycles. The normalized spacial score (nSPS) is 17.3. The summed E-state index contributed by atoms with van der Waals surface area (Å²) in [5.74, 6) is 0.874. The van der Waals surface area contributed by atoms with Crippen LogP contribution in [0.15, 0.2) is 47.3 Å². The van der Waals surface area contributed by atoms with Crippen LogP contribution < -0.4 is 44.6 Å². The Bertz CT molecular complexity index is 2000. The number of hydrogen-bond acceptors (Lipinski definition) is 10. The topological polar surface area (TPSA) is 162 Å². The van der Waals surface area contributed by atoms with Crippen LogP contribution in [0.5, 0.6) is 23.0 Å². The van der Waals surface area contributed by atoms with Gasteiger partial charge in [-0.3, -0.25) is 18.7 Å². The molecule has 1 fully saturated rings. The summed E-state index contributed by atoms with van der Waals surface area (Å²) in [6.07, 6.45) is 2.97. The maximum absolute atomic E-state index is 14.0. The molecule has 14 heteroatoms. The van der Waals surface area contributed by atoms with E-state index < -0.39 is 28.0 Å². The number of aryl methyl sites for hydroxylation is 1. The summed E-state index contributed by atoms with van der Waals surface area (Å²) < 4.78 is 49.9. The second-order valence-electron chi connectivity index (χ2n) is 13.1. The summed E-state index contributed by atoms with van der Waals surface area (Å²) in [5.41, 5.74) is 3.42. The molecule has 0 unspecified atom stereocenters. The molecular weight excluding hydrogens is 689 g/mol. The lowest BCUT2D eigenvalue weighted by Gasteiger charge is -2.30. The van der Waals surface area contributed by atoms with Crippen LogP contribution in [-0.4, -0.2) is 67.0 Å². The van der Waals surface area contributed by atoms with E-state index >= 15 is 0 Å². The fourth-order valence-electron chi connectivity index (χ4n) is 6.94. The number of amides is 2. The summed E-state index contributed by atoms with van der Waals surface area (Å²) in [6, 6.07) is 10.4. The number of hydrogen-bond donors (Lipinski definition) is 3. The van der Waals surface area contributed by atoms with E-state index in [2.05, 4.69) is 16.0 Å². The number of rotatable bonds is 12. The molecule has 0 saturated carbocycles. The van der Waals surface area contributed by atoms with Gasteiger partial charge in [-0.2, -0.15) is 0 Å². The number of ether oxygens (including phenoxy) is 4. The minimum Gasteiger partial charge on any atom is -0.495 e. The Morgan fingerprint density at radius 2 is 1.67 bits per heavy atom. The summed E-state index contributed by atoms with van der Waals surface area (Å²) in [5, 5.41) is 9.16. The second-order valence-corrected chi connectivity index (χ2v) is 15.1. The maximum Gasteiger partial charge on any atom is 0.247 e. The van der Waals surface area contributed by atoms with Gasteiger partial charge in [0.15, 0.2) is 11.5 Å². The van der Waals surface area contributed by atoms with E-state index in [1.165, 1.54) is 38.6 Å². The predicted octanol–water partition coefficient (Wildman–Crippen LogP) is 5.27. The number of methoxy groups -OCH3 is 4. The zero-order chi connectivity index (χ0) is 37.7. The Balaban J connectivity index is 1.56. The average Bonchev–Trinajstić information content (AvgIpc) is 3.36. The Hall–Kier alpha value is -4.98.